The molecule has 4 N–H and O–H groups in total. The zero-order chi connectivity index (χ0) is 30.4. The van der Waals surface area contributed by atoms with Crippen LogP contribution >= 0.6 is 23.1 Å². The highest BCUT2D eigenvalue weighted by molar-refractivity contribution is 8.01. The van der Waals surface area contributed by atoms with E-state index in [1.54, 1.807) is 5.38 Å². The zero-order valence-electron chi connectivity index (χ0n) is 23.4. The normalized spacial score (nSPS) is 19.1. The van der Waals surface area contributed by atoms with Crippen LogP contribution in [0.15, 0.2) is 77.8 Å². The summed E-state index contributed by atoms with van der Waals surface area (Å²) in [6.07, 6.45) is 1.25. The van der Waals surface area contributed by atoms with Crippen molar-refractivity contribution in [1.82, 2.24) is 20.5 Å². The number of thioether (sulfide) groups is 1. The molecule has 224 valence electrons. The van der Waals surface area contributed by atoms with Crippen LogP contribution in [-0.4, -0.2) is 50.7 Å². The molecule has 3 amide bonds. The lowest BCUT2D eigenvalue weighted by atomic mass is 10.0. The Morgan fingerprint density at radius 1 is 1.09 bits per heavy atom. The van der Waals surface area contributed by atoms with E-state index in [1.807, 2.05) is 67.6 Å². The molecule has 2 atom stereocenters. The van der Waals surface area contributed by atoms with Gasteiger partial charge in [-0.15, -0.1) is 11.3 Å². The fraction of sp³-hybridized carbons (Fsp3) is 0.300. The first kappa shape index (κ1) is 30.1. The van der Waals surface area contributed by atoms with Crippen LogP contribution in [0.2, 0.25) is 0 Å². The summed E-state index contributed by atoms with van der Waals surface area (Å²) in [4.78, 5) is 56.5. The molecule has 1 aromatic heterocycles. The molecule has 2 aliphatic heterocycles. The first-order chi connectivity index (χ1) is 20.8. The maximum absolute atomic E-state index is 13.9. The van der Waals surface area contributed by atoms with Crippen molar-refractivity contribution in [3.63, 3.8) is 0 Å². The van der Waals surface area contributed by atoms with Gasteiger partial charge in [-0.25, -0.2) is 14.6 Å². The highest BCUT2D eigenvalue weighted by atomic mass is 32.2. The van der Waals surface area contributed by atoms with E-state index in [1.165, 1.54) is 22.3 Å². The molecular formula is C30H31N5O6S2. The number of nitrogens with two attached hydrogens (primary N) is 1. The summed E-state index contributed by atoms with van der Waals surface area (Å²) in [7, 11) is 0. The number of β-lactam (4-membered cyclic amide) rings is 1. The minimum absolute atomic E-state index is 0.0936. The summed E-state index contributed by atoms with van der Waals surface area (Å²) in [5.74, 6) is -1.55. The largest absolute Gasteiger partial charge is 0.449 e. The predicted molar refractivity (Wildman–Crippen MR) is 162 cm³/mol. The monoisotopic (exact) mass is 621 g/mol. The Morgan fingerprint density at radius 2 is 1.77 bits per heavy atom. The number of ether oxygens (including phenoxy) is 2. The number of unbranched alkanes of at least 4 members (excludes halogenated alkanes) is 1. The van der Waals surface area contributed by atoms with E-state index in [-0.39, 0.29) is 31.1 Å². The standard InChI is InChI=1S/C30H31N5O6S2/c1-2-3-14-40-29(39)34-30(33-23(36)15-21-18-42-28(31)32-21)17-22(35-24(37)16-25(35)43-30)27(38)41-26(19-10-6-4-7-11-19)20-12-8-5-9-13-20/h4-13,17-18,25-26H,2-3,14-16H2,1H3,(H2,31,32)(H,33,36)(H,34,39)/t25-,30?/m1/s1. The number of hydrogen-bond acceptors (Lipinski definition) is 10. The molecule has 5 rings (SSSR count). The van der Waals surface area contributed by atoms with E-state index in [4.69, 9.17) is 15.2 Å². The van der Waals surface area contributed by atoms with E-state index in [0.717, 1.165) is 29.3 Å². The van der Waals surface area contributed by atoms with Gasteiger partial charge in [0.1, 0.15) is 5.70 Å². The number of hydrogen-bond donors (Lipinski definition) is 3. The summed E-state index contributed by atoms with van der Waals surface area (Å²) in [6.45, 7) is 2.14. The number of fused-ring (bicyclic) bond motifs is 1. The van der Waals surface area contributed by atoms with Crippen LogP contribution in [0.5, 0.6) is 0 Å². The number of aromatic nitrogens is 1. The maximum atomic E-state index is 13.9. The molecule has 2 aliphatic rings. The number of carbonyl (C=O) groups is 4. The van der Waals surface area contributed by atoms with Crippen molar-refractivity contribution in [3.05, 3.63) is 94.6 Å². The second-order valence-electron chi connectivity index (χ2n) is 9.93. The summed E-state index contributed by atoms with van der Waals surface area (Å²) >= 11 is 2.32. The Labute approximate surface area is 256 Å². The van der Waals surface area contributed by atoms with Crippen molar-refractivity contribution in [2.75, 3.05) is 12.3 Å². The van der Waals surface area contributed by atoms with Gasteiger partial charge < -0.3 is 20.5 Å². The molecule has 3 aromatic rings. The summed E-state index contributed by atoms with van der Waals surface area (Å²) in [6, 6.07) is 18.5. The van der Waals surface area contributed by atoms with Gasteiger partial charge in [0, 0.05) is 11.5 Å². The molecule has 3 heterocycles. The third-order valence-corrected chi connectivity index (χ3v) is 8.79. The predicted octanol–water partition coefficient (Wildman–Crippen LogP) is 4.09. The first-order valence-corrected chi connectivity index (χ1v) is 15.5. The van der Waals surface area contributed by atoms with Gasteiger partial charge in [-0.2, -0.15) is 0 Å². The number of thiazole rings is 1. The Balaban J connectivity index is 1.47. The number of alkyl carbamates (subject to hydrolysis) is 1. The molecule has 0 aliphatic carbocycles. The van der Waals surface area contributed by atoms with Crippen LogP contribution < -0.4 is 16.4 Å². The van der Waals surface area contributed by atoms with Crippen molar-refractivity contribution >= 4 is 52.1 Å². The smallest absolute Gasteiger partial charge is 0.409 e. The number of carbonyl (C=O) groups excluding carboxylic acids is 4. The van der Waals surface area contributed by atoms with Gasteiger partial charge in [-0.1, -0.05) is 85.8 Å². The van der Waals surface area contributed by atoms with Gasteiger partial charge in [0.15, 0.2) is 16.2 Å². The molecule has 1 saturated heterocycles. The van der Waals surface area contributed by atoms with Gasteiger partial charge >= 0.3 is 12.1 Å². The Hall–Kier alpha value is -4.36. The fourth-order valence-electron chi connectivity index (χ4n) is 4.67. The maximum Gasteiger partial charge on any atom is 0.409 e. The van der Waals surface area contributed by atoms with Crippen LogP contribution in [0.25, 0.3) is 0 Å². The number of benzene rings is 2. The van der Waals surface area contributed by atoms with Crippen molar-refractivity contribution in [1.29, 1.82) is 0 Å². The van der Waals surface area contributed by atoms with Gasteiger partial charge in [0.2, 0.25) is 11.8 Å². The fourth-order valence-corrected chi connectivity index (χ4v) is 6.72. The van der Waals surface area contributed by atoms with Gasteiger partial charge in [-0.05, 0) is 17.5 Å². The van der Waals surface area contributed by atoms with Crippen LogP contribution in [0.4, 0.5) is 9.93 Å². The number of amides is 3. The average molecular weight is 622 g/mol. The SMILES string of the molecule is CCCCOC(=O)NC1(NC(=O)Cc2csc(N)n2)C=C(C(=O)OC(c2ccccc2)c2ccccc2)N2C(=O)C[C@H]2S1. The molecular weight excluding hydrogens is 590 g/mol. The van der Waals surface area contributed by atoms with E-state index < -0.39 is 34.4 Å². The lowest BCUT2D eigenvalue weighted by Crippen LogP contribution is -2.65. The third-order valence-electron chi connectivity index (χ3n) is 6.72. The number of esters is 1. The molecule has 0 spiro atoms. The van der Waals surface area contributed by atoms with Crippen LogP contribution in [0, 0.1) is 0 Å². The molecule has 1 fully saturated rings. The summed E-state index contributed by atoms with van der Waals surface area (Å²) in [5, 5.41) is 6.99. The first-order valence-electron chi connectivity index (χ1n) is 13.8. The number of anilines is 1. The lowest BCUT2D eigenvalue weighted by Gasteiger charge is -2.49. The van der Waals surface area contributed by atoms with Crippen molar-refractivity contribution in [3.8, 4) is 0 Å². The van der Waals surface area contributed by atoms with Crippen molar-refractivity contribution in [2.45, 2.75) is 49.1 Å². The second kappa shape index (κ2) is 13.3. The zero-order valence-corrected chi connectivity index (χ0v) is 25.0. The Morgan fingerprint density at radius 3 is 2.35 bits per heavy atom. The molecule has 2 aromatic carbocycles. The van der Waals surface area contributed by atoms with Gasteiger partial charge in [0.05, 0.1) is 30.5 Å². The van der Waals surface area contributed by atoms with E-state index >= 15 is 0 Å². The Kier molecular flexibility index (Phi) is 9.31. The van der Waals surface area contributed by atoms with E-state index in [2.05, 4.69) is 15.6 Å². The van der Waals surface area contributed by atoms with E-state index in [9.17, 15) is 19.2 Å². The molecule has 11 nitrogen and oxygen atoms in total. The lowest BCUT2D eigenvalue weighted by molar-refractivity contribution is -0.152. The quantitative estimate of drug-likeness (QED) is 0.124. The number of rotatable bonds is 11. The number of nitrogen functional groups attached to an aromatic ring is 1. The molecule has 0 bridgehead atoms. The number of nitrogens with one attached hydrogen (secondary N) is 2. The highest BCUT2D eigenvalue weighted by Gasteiger charge is 2.52. The minimum atomic E-state index is -1.62. The summed E-state index contributed by atoms with van der Waals surface area (Å²) < 4.78 is 11.4. The van der Waals surface area contributed by atoms with Crippen LogP contribution in [-0.2, 0) is 30.3 Å². The number of nitrogens with zero attached hydrogens (tertiary/aromatic N) is 2. The molecule has 1 unspecified atom stereocenters. The van der Waals surface area contributed by atoms with Crippen molar-refractivity contribution in [2.24, 2.45) is 0 Å². The summed E-state index contributed by atoms with van der Waals surface area (Å²) in [5.41, 5.74) is 7.55. The second-order valence-corrected chi connectivity index (χ2v) is 12.2. The Bertz CT molecular complexity index is 1480. The average Bonchev–Trinajstić information content (AvgIpc) is 3.39. The van der Waals surface area contributed by atoms with E-state index in [0.29, 0.717) is 17.2 Å². The highest BCUT2D eigenvalue weighted by Crippen LogP contribution is 2.45. The van der Waals surface area contributed by atoms with Crippen LogP contribution in [0.1, 0.15) is 49.1 Å². The molecule has 13 heteroatoms. The molecule has 43 heavy (non-hydrogen) atoms. The minimum Gasteiger partial charge on any atom is -0.449 e. The molecule has 0 radical (unpaired) electrons. The topological polar surface area (TPSA) is 153 Å². The van der Waals surface area contributed by atoms with Gasteiger partial charge in [0.25, 0.3) is 0 Å². The van der Waals surface area contributed by atoms with Gasteiger partial charge in [-0.3, -0.25) is 19.8 Å². The van der Waals surface area contributed by atoms with Crippen molar-refractivity contribution < 1.29 is 28.7 Å². The van der Waals surface area contributed by atoms with Crippen LogP contribution in [0.3, 0.4) is 0 Å². The third kappa shape index (κ3) is 7.17. The molecule has 0 saturated carbocycles.